The summed E-state index contributed by atoms with van der Waals surface area (Å²) in [4.78, 5) is 42.2. The normalized spacial score (nSPS) is 10.5. The van der Waals surface area contributed by atoms with Crippen molar-refractivity contribution < 1.29 is 28.6 Å². The molecule has 0 saturated heterocycles. The Morgan fingerprint density at radius 1 is 1.00 bits per heavy atom. The number of ether oxygens (including phenoxy) is 1. The van der Waals surface area contributed by atoms with Gasteiger partial charge in [-0.3, -0.25) is 10.1 Å². The number of aromatic nitrogens is 2. The van der Waals surface area contributed by atoms with Crippen LogP contribution in [0.15, 0.2) is 71.1 Å². The van der Waals surface area contributed by atoms with Crippen LogP contribution in [0.4, 0.5) is 16.3 Å². The zero-order valence-corrected chi connectivity index (χ0v) is 17.6. The Morgan fingerprint density at radius 2 is 1.76 bits per heavy atom. The molecular weight excluding hydrogens is 442 g/mol. The number of hydrogen-bond acceptors (Lipinski definition) is 6. The van der Waals surface area contributed by atoms with Gasteiger partial charge in [0.05, 0.1) is 6.42 Å². The fourth-order valence-corrected chi connectivity index (χ4v) is 3.06. The van der Waals surface area contributed by atoms with Crippen molar-refractivity contribution in [1.82, 2.24) is 9.97 Å². The van der Waals surface area contributed by atoms with Crippen LogP contribution in [0.2, 0.25) is 0 Å². The summed E-state index contributed by atoms with van der Waals surface area (Å²) in [6.45, 7) is 0. The number of carboxylic acids is 1. The SMILES string of the molecule is NC(=O)c1[nH]c(Cc2ccc(C(=O)O)o2)nc1NC(=O)Nc1cccc(Oc2ccccc2)c1. The molecule has 172 valence electrons. The molecule has 0 aliphatic rings. The summed E-state index contributed by atoms with van der Waals surface area (Å²) in [6, 6.07) is 18.0. The summed E-state index contributed by atoms with van der Waals surface area (Å²) in [5.41, 5.74) is 5.72. The third kappa shape index (κ3) is 5.40. The van der Waals surface area contributed by atoms with Gasteiger partial charge in [0.15, 0.2) is 5.82 Å². The van der Waals surface area contributed by atoms with Crippen LogP contribution in [0.25, 0.3) is 0 Å². The molecule has 0 fully saturated rings. The van der Waals surface area contributed by atoms with Crippen LogP contribution in [0.3, 0.4) is 0 Å². The van der Waals surface area contributed by atoms with Crippen LogP contribution in [-0.4, -0.2) is 33.0 Å². The van der Waals surface area contributed by atoms with Gasteiger partial charge in [0.2, 0.25) is 5.76 Å². The first-order valence-electron chi connectivity index (χ1n) is 9.99. The number of furan rings is 1. The van der Waals surface area contributed by atoms with E-state index in [1.807, 2.05) is 18.2 Å². The minimum atomic E-state index is -1.21. The highest BCUT2D eigenvalue weighted by molar-refractivity contribution is 6.04. The summed E-state index contributed by atoms with van der Waals surface area (Å²) in [7, 11) is 0. The second-order valence-corrected chi connectivity index (χ2v) is 7.04. The molecule has 0 unspecified atom stereocenters. The van der Waals surface area contributed by atoms with Crippen LogP contribution in [0.5, 0.6) is 11.5 Å². The molecule has 2 heterocycles. The number of nitrogens with zero attached hydrogens (tertiary/aromatic N) is 1. The van der Waals surface area contributed by atoms with Gasteiger partial charge in [0.25, 0.3) is 5.91 Å². The molecule has 4 aromatic rings. The molecule has 11 nitrogen and oxygen atoms in total. The number of hydrogen-bond donors (Lipinski definition) is 5. The number of amides is 3. The first-order valence-corrected chi connectivity index (χ1v) is 9.99. The maximum atomic E-state index is 12.5. The van der Waals surface area contributed by atoms with Crippen molar-refractivity contribution in [3.05, 3.63) is 89.8 Å². The van der Waals surface area contributed by atoms with Crippen molar-refractivity contribution in [2.75, 3.05) is 10.6 Å². The second-order valence-electron chi connectivity index (χ2n) is 7.04. The molecule has 4 rings (SSSR count). The number of nitrogens with one attached hydrogen (secondary N) is 3. The quantitative estimate of drug-likeness (QED) is 0.265. The number of imidazole rings is 1. The van der Waals surface area contributed by atoms with Crippen molar-refractivity contribution in [2.45, 2.75) is 6.42 Å². The van der Waals surface area contributed by atoms with Crippen molar-refractivity contribution >= 4 is 29.4 Å². The number of para-hydroxylation sites is 1. The lowest BCUT2D eigenvalue weighted by atomic mass is 10.3. The Bertz CT molecular complexity index is 1340. The van der Waals surface area contributed by atoms with Crippen LogP contribution in [0.1, 0.15) is 32.6 Å². The maximum absolute atomic E-state index is 12.5. The number of H-pyrrole nitrogens is 1. The number of nitrogens with two attached hydrogens (primary N) is 1. The molecule has 6 N–H and O–H groups in total. The summed E-state index contributed by atoms with van der Waals surface area (Å²) in [5, 5.41) is 14.1. The van der Waals surface area contributed by atoms with E-state index >= 15 is 0 Å². The number of carbonyl (C=O) groups excluding carboxylic acids is 2. The van der Waals surface area contributed by atoms with Gasteiger partial charge in [-0.15, -0.1) is 0 Å². The van der Waals surface area contributed by atoms with E-state index in [4.69, 9.17) is 20.0 Å². The molecule has 0 aliphatic heterocycles. The first-order chi connectivity index (χ1) is 16.4. The van der Waals surface area contributed by atoms with Crippen LogP contribution in [0, 0.1) is 0 Å². The fraction of sp³-hybridized carbons (Fsp3) is 0.0435. The molecule has 34 heavy (non-hydrogen) atoms. The van der Waals surface area contributed by atoms with Crippen molar-refractivity contribution in [3.8, 4) is 11.5 Å². The Labute approximate surface area is 192 Å². The lowest BCUT2D eigenvalue weighted by molar-refractivity contribution is 0.0660. The van der Waals surface area contributed by atoms with Gasteiger partial charge in [-0.1, -0.05) is 24.3 Å². The number of carbonyl (C=O) groups is 3. The molecule has 0 saturated carbocycles. The average molecular weight is 461 g/mol. The Kier molecular flexibility index (Phi) is 6.26. The third-order valence-corrected chi connectivity index (χ3v) is 4.52. The monoisotopic (exact) mass is 461 g/mol. The highest BCUT2D eigenvalue weighted by atomic mass is 16.5. The van der Waals surface area contributed by atoms with E-state index in [1.54, 1.807) is 36.4 Å². The predicted molar refractivity (Wildman–Crippen MR) is 121 cm³/mol. The number of rotatable bonds is 8. The molecule has 0 bridgehead atoms. The largest absolute Gasteiger partial charge is 0.475 e. The predicted octanol–water partition coefficient (Wildman–Crippen LogP) is 3.83. The van der Waals surface area contributed by atoms with Crippen LogP contribution >= 0.6 is 0 Å². The summed E-state index contributed by atoms with van der Waals surface area (Å²) >= 11 is 0. The fourth-order valence-electron chi connectivity index (χ4n) is 3.06. The maximum Gasteiger partial charge on any atom is 0.371 e. The zero-order valence-electron chi connectivity index (χ0n) is 17.6. The lowest BCUT2D eigenvalue weighted by Crippen LogP contribution is -2.22. The molecule has 0 radical (unpaired) electrons. The van der Waals surface area contributed by atoms with E-state index in [9.17, 15) is 14.4 Å². The molecule has 0 aliphatic carbocycles. The molecule has 0 spiro atoms. The first kappa shape index (κ1) is 22.1. The molecule has 3 amide bonds. The Hall–Kier alpha value is -5.06. The van der Waals surface area contributed by atoms with Crippen LogP contribution < -0.4 is 21.1 Å². The van der Waals surface area contributed by atoms with E-state index in [1.165, 1.54) is 12.1 Å². The molecule has 2 aromatic carbocycles. The van der Waals surface area contributed by atoms with E-state index in [2.05, 4.69) is 20.6 Å². The average Bonchev–Trinajstić information content (AvgIpc) is 3.42. The molecule has 11 heteroatoms. The van der Waals surface area contributed by atoms with Gasteiger partial charge < -0.3 is 30.3 Å². The van der Waals surface area contributed by atoms with Gasteiger partial charge in [-0.05, 0) is 36.4 Å². The highest BCUT2D eigenvalue weighted by Gasteiger charge is 2.19. The second kappa shape index (κ2) is 9.61. The zero-order chi connectivity index (χ0) is 24.1. The molecule has 2 aromatic heterocycles. The van der Waals surface area contributed by atoms with Gasteiger partial charge in [0, 0.05) is 11.8 Å². The minimum absolute atomic E-state index is 0.0513. The number of anilines is 2. The van der Waals surface area contributed by atoms with Crippen molar-refractivity contribution in [1.29, 1.82) is 0 Å². The van der Waals surface area contributed by atoms with E-state index < -0.39 is 17.9 Å². The minimum Gasteiger partial charge on any atom is -0.475 e. The topological polar surface area (TPSA) is 173 Å². The summed E-state index contributed by atoms with van der Waals surface area (Å²) < 4.78 is 10.9. The Balaban J connectivity index is 1.44. The van der Waals surface area contributed by atoms with Crippen molar-refractivity contribution in [3.63, 3.8) is 0 Å². The highest BCUT2D eigenvalue weighted by Crippen LogP contribution is 2.24. The van der Waals surface area contributed by atoms with Crippen molar-refractivity contribution in [2.24, 2.45) is 5.73 Å². The van der Waals surface area contributed by atoms with Gasteiger partial charge in [0.1, 0.15) is 28.8 Å². The number of aromatic amines is 1. The smallest absolute Gasteiger partial charge is 0.371 e. The van der Waals surface area contributed by atoms with Gasteiger partial charge >= 0.3 is 12.0 Å². The van der Waals surface area contributed by atoms with E-state index in [-0.39, 0.29) is 29.5 Å². The molecule has 0 atom stereocenters. The van der Waals surface area contributed by atoms with E-state index in [0.717, 1.165) is 0 Å². The van der Waals surface area contributed by atoms with E-state index in [0.29, 0.717) is 22.9 Å². The number of primary amides is 1. The number of aromatic carboxylic acids is 1. The lowest BCUT2D eigenvalue weighted by Gasteiger charge is -2.09. The number of carboxylic acid groups (broad SMARTS) is 1. The Morgan fingerprint density at radius 3 is 2.47 bits per heavy atom. The molecular formula is C23H19N5O6. The number of benzene rings is 2. The van der Waals surface area contributed by atoms with Gasteiger partial charge in [-0.25, -0.2) is 14.6 Å². The van der Waals surface area contributed by atoms with Gasteiger partial charge in [-0.2, -0.15) is 0 Å². The third-order valence-electron chi connectivity index (χ3n) is 4.52. The standard InChI is InChI=1S/C23H19N5O6/c24-20(29)19-21(27-18(26-19)12-16-9-10-17(34-16)22(30)31)28-23(32)25-13-5-4-8-15(11-13)33-14-6-2-1-3-7-14/h1-11H,12H2,(H2,24,29)(H,26,27)(H,30,31)(H2,25,28,32). The summed E-state index contributed by atoms with van der Waals surface area (Å²) in [6.07, 6.45) is 0.0513. The summed E-state index contributed by atoms with van der Waals surface area (Å²) in [5.74, 6) is -0.648. The van der Waals surface area contributed by atoms with Crippen LogP contribution in [-0.2, 0) is 6.42 Å². The number of urea groups is 1.